The first-order valence-electron chi connectivity index (χ1n) is 11.4. The van der Waals surface area contributed by atoms with Crippen LogP contribution in [-0.2, 0) is 26.2 Å². The number of hydrogen-bond donors (Lipinski definition) is 1. The number of rotatable bonds is 9. The minimum Gasteiger partial charge on any atom is -0.352 e. The number of aryl methyl sites for hydroxylation is 1. The second-order valence-electron chi connectivity index (χ2n) is 8.86. The lowest BCUT2D eigenvalue weighted by Crippen LogP contribution is -2.52. The fraction of sp³-hybridized carbons (Fsp3) is 0.440. The van der Waals surface area contributed by atoms with Gasteiger partial charge in [-0.1, -0.05) is 59.1 Å². The molecule has 1 saturated carbocycles. The number of nitrogens with one attached hydrogen (secondary N) is 1. The molecule has 0 bridgehead atoms. The smallest absolute Gasteiger partial charge is 0.244 e. The number of hydrogen-bond acceptors (Lipinski definition) is 4. The largest absolute Gasteiger partial charge is 0.352 e. The van der Waals surface area contributed by atoms with Crippen molar-refractivity contribution in [2.75, 3.05) is 17.1 Å². The molecule has 2 aromatic carbocycles. The number of sulfonamides is 1. The van der Waals surface area contributed by atoms with E-state index in [4.69, 9.17) is 0 Å². The fourth-order valence-corrected chi connectivity index (χ4v) is 5.42. The van der Waals surface area contributed by atoms with E-state index in [0.29, 0.717) is 10.2 Å². The summed E-state index contributed by atoms with van der Waals surface area (Å²) in [6.07, 6.45) is 5.12. The van der Waals surface area contributed by atoms with Gasteiger partial charge in [-0.3, -0.25) is 13.9 Å². The summed E-state index contributed by atoms with van der Waals surface area (Å²) in [5.41, 5.74) is 2.28. The maximum absolute atomic E-state index is 13.6. The lowest BCUT2D eigenvalue weighted by molar-refractivity contribution is -0.139. The average Bonchev–Trinajstić information content (AvgIpc) is 3.28. The van der Waals surface area contributed by atoms with Crippen LogP contribution in [0, 0.1) is 6.92 Å². The monoisotopic (exact) mass is 549 g/mol. The zero-order valence-electron chi connectivity index (χ0n) is 19.8. The molecule has 2 amide bonds. The number of carbonyl (C=O) groups excluding carboxylic acids is 2. The van der Waals surface area contributed by atoms with Crippen molar-refractivity contribution in [2.24, 2.45) is 0 Å². The Morgan fingerprint density at radius 3 is 2.41 bits per heavy atom. The van der Waals surface area contributed by atoms with E-state index in [1.807, 2.05) is 31.2 Å². The second-order valence-corrected chi connectivity index (χ2v) is 11.7. The summed E-state index contributed by atoms with van der Waals surface area (Å²) >= 11 is 3.36. The van der Waals surface area contributed by atoms with Crippen molar-refractivity contribution in [3.63, 3.8) is 0 Å². The van der Waals surface area contributed by atoms with E-state index in [0.717, 1.165) is 47.4 Å². The van der Waals surface area contributed by atoms with Crippen molar-refractivity contribution in [1.29, 1.82) is 0 Å². The third kappa shape index (κ3) is 6.82. The van der Waals surface area contributed by atoms with Gasteiger partial charge in [-0.25, -0.2) is 8.42 Å². The van der Waals surface area contributed by atoms with Gasteiger partial charge in [0.2, 0.25) is 21.8 Å². The van der Waals surface area contributed by atoms with Crippen molar-refractivity contribution in [3.05, 3.63) is 64.1 Å². The molecule has 3 rings (SSSR count). The molecule has 0 saturated heterocycles. The van der Waals surface area contributed by atoms with Gasteiger partial charge in [0.15, 0.2) is 0 Å². The summed E-state index contributed by atoms with van der Waals surface area (Å²) in [5, 5.41) is 3.07. The fourth-order valence-electron chi connectivity index (χ4n) is 4.19. The molecular formula is C25H32BrN3O4S. The number of halogens is 1. The summed E-state index contributed by atoms with van der Waals surface area (Å²) in [7, 11) is -3.74. The van der Waals surface area contributed by atoms with Gasteiger partial charge in [-0.05, 0) is 56.0 Å². The average molecular weight is 551 g/mol. The molecule has 184 valence electrons. The van der Waals surface area contributed by atoms with Gasteiger partial charge >= 0.3 is 0 Å². The molecule has 0 spiro atoms. The highest BCUT2D eigenvalue weighted by Gasteiger charge is 2.31. The van der Waals surface area contributed by atoms with Gasteiger partial charge in [-0.15, -0.1) is 0 Å². The van der Waals surface area contributed by atoms with E-state index in [1.54, 1.807) is 31.2 Å². The third-order valence-electron chi connectivity index (χ3n) is 6.25. The Bertz CT molecular complexity index is 1130. The van der Waals surface area contributed by atoms with Crippen LogP contribution < -0.4 is 9.62 Å². The van der Waals surface area contributed by atoms with E-state index in [-0.39, 0.29) is 18.5 Å². The van der Waals surface area contributed by atoms with Crippen LogP contribution in [0.3, 0.4) is 0 Å². The van der Waals surface area contributed by atoms with Crippen molar-refractivity contribution in [2.45, 2.75) is 58.2 Å². The van der Waals surface area contributed by atoms with Gasteiger partial charge < -0.3 is 10.2 Å². The molecule has 9 heteroatoms. The van der Waals surface area contributed by atoms with Crippen LogP contribution in [0.5, 0.6) is 0 Å². The zero-order chi connectivity index (χ0) is 24.9. The lowest BCUT2D eigenvalue weighted by atomic mass is 10.1. The predicted molar refractivity (Wildman–Crippen MR) is 138 cm³/mol. The van der Waals surface area contributed by atoms with Crippen molar-refractivity contribution < 1.29 is 18.0 Å². The van der Waals surface area contributed by atoms with E-state index >= 15 is 0 Å². The first-order chi connectivity index (χ1) is 16.1. The van der Waals surface area contributed by atoms with Crippen LogP contribution >= 0.6 is 15.9 Å². The molecule has 0 radical (unpaired) electrons. The SMILES string of the molecule is Cc1ccccc1CN(C(=O)CN(c1cccc(Br)c1)S(C)(=O)=O)[C@@H](C)C(=O)NC1CCCC1. The highest BCUT2D eigenvalue weighted by atomic mass is 79.9. The molecule has 1 aliphatic rings. The van der Waals surface area contributed by atoms with Crippen molar-refractivity contribution in [3.8, 4) is 0 Å². The number of benzene rings is 2. The van der Waals surface area contributed by atoms with Crippen LogP contribution in [0.2, 0.25) is 0 Å². The number of amides is 2. The summed E-state index contributed by atoms with van der Waals surface area (Å²) in [4.78, 5) is 28.1. The maximum Gasteiger partial charge on any atom is 0.244 e. The molecule has 0 heterocycles. The molecule has 1 aliphatic carbocycles. The number of carbonyl (C=O) groups is 2. The minimum atomic E-state index is -3.74. The first-order valence-corrected chi connectivity index (χ1v) is 14.1. The molecule has 1 N–H and O–H groups in total. The van der Waals surface area contributed by atoms with Crippen molar-refractivity contribution >= 4 is 43.5 Å². The molecular weight excluding hydrogens is 518 g/mol. The lowest BCUT2D eigenvalue weighted by Gasteiger charge is -2.32. The Hall–Kier alpha value is -2.39. The quantitative estimate of drug-likeness (QED) is 0.512. The molecule has 0 aromatic heterocycles. The van der Waals surface area contributed by atoms with E-state index < -0.39 is 28.5 Å². The Morgan fingerprint density at radius 1 is 1.12 bits per heavy atom. The van der Waals surface area contributed by atoms with Crippen LogP contribution in [-0.4, -0.2) is 50.0 Å². The van der Waals surface area contributed by atoms with Gasteiger partial charge in [-0.2, -0.15) is 0 Å². The minimum absolute atomic E-state index is 0.125. The molecule has 7 nitrogen and oxygen atoms in total. The van der Waals surface area contributed by atoms with E-state index in [1.165, 1.54) is 4.90 Å². The van der Waals surface area contributed by atoms with Gasteiger partial charge in [0, 0.05) is 17.1 Å². The summed E-state index contributed by atoms with van der Waals surface area (Å²) in [5.74, 6) is -0.662. The molecule has 1 fully saturated rings. The zero-order valence-corrected chi connectivity index (χ0v) is 22.2. The van der Waals surface area contributed by atoms with E-state index in [2.05, 4.69) is 21.2 Å². The third-order valence-corrected chi connectivity index (χ3v) is 7.88. The summed E-state index contributed by atoms with van der Waals surface area (Å²) in [6.45, 7) is 3.46. The number of anilines is 1. The van der Waals surface area contributed by atoms with E-state index in [9.17, 15) is 18.0 Å². The molecule has 1 atom stereocenters. The van der Waals surface area contributed by atoms with Crippen LogP contribution in [0.4, 0.5) is 5.69 Å². The van der Waals surface area contributed by atoms with Gasteiger partial charge in [0.05, 0.1) is 11.9 Å². The maximum atomic E-state index is 13.6. The Balaban J connectivity index is 1.89. The Morgan fingerprint density at radius 2 is 1.79 bits per heavy atom. The predicted octanol–water partition coefficient (Wildman–Crippen LogP) is 4.00. The summed E-state index contributed by atoms with van der Waals surface area (Å²) in [6, 6.07) is 13.8. The Kier molecular flexibility index (Phi) is 8.76. The summed E-state index contributed by atoms with van der Waals surface area (Å²) < 4.78 is 27.0. The van der Waals surface area contributed by atoms with Crippen LogP contribution in [0.25, 0.3) is 0 Å². The standard InChI is InChI=1S/C25H32BrN3O4S/c1-18-9-4-5-10-20(18)16-28(19(2)25(31)27-22-12-6-7-13-22)24(30)17-29(34(3,32)33)23-14-8-11-21(26)15-23/h4-5,8-11,14-15,19,22H,6-7,12-13,16-17H2,1-3H3,(H,27,31)/t19-/m0/s1. The molecule has 34 heavy (non-hydrogen) atoms. The van der Waals surface area contributed by atoms with Crippen LogP contribution in [0.15, 0.2) is 53.0 Å². The highest BCUT2D eigenvalue weighted by Crippen LogP contribution is 2.23. The van der Waals surface area contributed by atoms with Crippen LogP contribution in [0.1, 0.15) is 43.7 Å². The Labute approximate surface area is 210 Å². The normalized spacial score (nSPS) is 15.1. The topological polar surface area (TPSA) is 86.8 Å². The molecule has 0 aliphatic heterocycles. The highest BCUT2D eigenvalue weighted by molar-refractivity contribution is 9.10. The molecule has 2 aromatic rings. The first kappa shape index (κ1) is 26.2. The number of nitrogens with zero attached hydrogens (tertiary/aromatic N) is 2. The van der Waals surface area contributed by atoms with Crippen molar-refractivity contribution in [1.82, 2.24) is 10.2 Å². The second kappa shape index (κ2) is 11.4. The molecule has 0 unspecified atom stereocenters. The van der Waals surface area contributed by atoms with Gasteiger partial charge in [0.25, 0.3) is 0 Å². The van der Waals surface area contributed by atoms with Gasteiger partial charge in [0.1, 0.15) is 12.6 Å².